The molecule has 1 aromatic heterocycles. The zero-order valence-corrected chi connectivity index (χ0v) is 12.0. The Bertz CT molecular complexity index is 834. The van der Waals surface area contributed by atoms with E-state index in [1.54, 1.807) is 11.0 Å². The summed E-state index contributed by atoms with van der Waals surface area (Å²) < 4.78 is 14.8. The first-order chi connectivity index (χ1) is 11.1. The number of halogens is 1. The van der Waals surface area contributed by atoms with E-state index in [2.05, 4.69) is 15.4 Å². The summed E-state index contributed by atoms with van der Waals surface area (Å²) in [5.74, 6) is -1.42. The molecule has 6 nitrogen and oxygen atoms in total. The average Bonchev–Trinajstić information content (AvgIpc) is 3.09. The second-order valence-corrected chi connectivity index (χ2v) is 4.81. The lowest BCUT2D eigenvalue weighted by Gasteiger charge is -2.11. The Morgan fingerprint density at radius 2 is 2.09 bits per heavy atom. The first-order valence-corrected chi connectivity index (χ1v) is 6.85. The van der Waals surface area contributed by atoms with Crippen LogP contribution in [0.1, 0.15) is 15.9 Å². The highest BCUT2D eigenvalue weighted by atomic mass is 19.1. The van der Waals surface area contributed by atoms with E-state index in [4.69, 9.17) is 0 Å². The molecule has 0 fully saturated rings. The zero-order chi connectivity index (χ0) is 16.2. The van der Waals surface area contributed by atoms with Crippen molar-refractivity contribution in [2.45, 2.75) is 6.54 Å². The number of benzene rings is 2. The van der Waals surface area contributed by atoms with Crippen molar-refractivity contribution < 1.29 is 14.3 Å². The van der Waals surface area contributed by atoms with Crippen molar-refractivity contribution in [2.75, 3.05) is 0 Å². The topological polar surface area (TPSA) is 80.0 Å². The number of nitrogens with one attached hydrogen (secondary N) is 1. The van der Waals surface area contributed by atoms with Gasteiger partial charge < -0.3 is 10.4 Å². The van der Waals surface area contributed by atoms with Gasteiger partial charge in [0.05, 0.1) is 11.3 Å². The molecule has 0 saturated heterocycles. The van der Waals surface area contributed by atoms with Gasteiger partial charge in [-0.25, -0.2) is 14.1 Å². The minimum Gasteiger partial charge on any atom is -0.507 e. The molecule has 0 aliphatic carbocycles. The van der Waals surface area contributed by atoms with Crippen LogP contribution in [0.3, 0.4) is 0 Å². The molecule has 0 aliphatic heterocycles. The van der Waals surface area contributed by atoms with Crippen molar-refractivity contribution in [1.82, 2.24) is 20.1 Å². The molecule has 0 bridgehead atoms. The number of aromatic nitrogens is 3. The second kappa shape index (κ2) is 6.27. The van der Waals surface area contributed by atoms with Crippen LogP contribution in [-0.4, -0.2) is 25.8 Å². The van der Waals surface area contributed by atoms with E-state index < -0.39 is 11.7 Å². The fraction of sp³-hybridized carbons (Fsp3) is 0.0625. The Morgan fingerprint density at radius 1 is 1.26 bits per heavy atom. The minimum atomic E-state index is -0.587. The van der Waals surface area contributed by atoms with Gasteiger partial charge >= 0.3 is 0 Å². The smallest absolute Gasteiger partial charge is 0.255 e. The second-order valence-electron chi connectivity index (χ2n) is 4.81. The molecule has 0 unspecified atom stereocenters. The number of hydrogen-bond donors (Lipinski definition) is 2. The van der Waals surface area contributed by atoms with Gasteiger partial charge in [-0.1, -0.05) is 18.2 Å². The number of nitrogens with zero attached hydrogens (tertiary/aromatic N) is 3. The number of carbonyl (C=O) groups is 1. The summed E-state index contributed by atoms with van der Waals surface area (Å²) in [6.45, 7) is 0.199. The standard InChI is InChI=1S/C16H13FN4O2/c17-12-5-6-15(22)13(7-12)16(23)19-8-11-3-1-2-4-14(11)21-10-18-9-20-21/h1-7,9-10,22H,8H2,(H,19,23). The van der Waals surface area contributed by atoms with Gasteiger partial charge in [0.2, 0.25) is 0 Å². The van der Waals surface area contributed by atoms with Gasteiger partial charge in [0.25, 0.3) is 5.91 Å². The van der Waals surface area contributed by atoms with Crippen molar-refractivity contribution in [3.8, 4) is 11.4 Å². The summed E-state index contributed by atoms with van der Waals surface area (Å²) in [6.07, 6.45) is 2.97. The zero-order valence-electron chi connectivity index (χ0n) is 12.0. The number of para-hydroxylation sites is 1. The third kappa shape index (κ3) is 3.18. The molecule has 3 rings (SSSR count). The van der Waals surface area contributed by atoms with Crippen molar-refractivity contribution in [1.29, 1.82) is 0 Å². The Balaban J connectivity index is 1.79. The molecule has 0 radical (unpaired) electrons. The monoisotopic (exact) mass is 312 g/mol. The third-order valence-corrected chi connectivity index (χ3v) is 3.30. The molecule has 1 heterocycles. The molecule has 0 aliphatic rings. The first-order valence-electron chi connectivity index (χ1n) is 6.85. The van der Waals surface area contributed by atoms with Crippen LogP contribution in [0.25, 0.3) is 5.69 Å². The van der Waals surface area contributed by atoms with Crippen LogP contribution in [0.4, 0.5) is 4.39 Å². The number of hydrogen-bond acceptors (Lipinski definition) is 4. The van der Waals surface area contributed by atoms with Gasteiger partial charge in [0, 0.05) is 6.54 Å². The van der Waals surface area contributed by atoms with Crippen LogP contribution in [0.2, 0.25) is 0 Å². The molecule has 0 saturated carbocycles. The summed E-state index contributed by atoms with van der Waals surface area (Å²) >= 11 is 0. The van der Waals surface area contributed by atoms with Crippen LogP contribution >= 0.6 is 0 Å². The molecule has 116 valence electrons. The van der Waals surface area contributed by atoms with E-state index in [0.717, 1.165) is 29.4 Å². The maximum atomic E-state index is 13.2. The molecule has 0 atom stereocenters. The van der Waals surface area contributed by atoms with Crippen molar-refractivity contribution in [3.05, 3.63) is 72.1 Å². The third-order valence-electron chi connectivity index (χ3n) is 3.30. The predicted octanol–water partition coefficient (Wildman–Crippen LogP) is 2.04. The number of phenols is 1. The summed E-state index contributed by atoms with van der Waals surface area (Å²) in [6, 6.07) is 10.6. The summed E-state index contributed by atoms with van der Waals surface area (Å²) in [5.41, 5.74) is 1.47. The quantitative estimate of drug-likeness (QED) is 0.772. The van der Waals surface area contributed by atoms with Crippen LogP contribution in [0.5, 0.6) is 5.75 Å². The Morgan fingerprint density at radius 3 is 2.87 bits per heavy atom. The summed E-state index contributed by atoms with van der Waals surface area (Å²) in [4.78, 5) is 16.0. The number of rotatable bonds is 4. The van der Waals surface area contributed by atoms with Gasteiger partial charge in [0.15, 0.2) is 0 Å². The lowest BCUT2D eigenvalue weighted by Crippen LogP contribution is -2.23. The van der Waals surface area contributed by atoms with Crippen LogP contribution in [0, 0.1) is 5.82 Å². The Hall–Kier alpha value is -3.22. The molecule has 1 amide bonds. The molecule has 0 spiro atoms. The van der Waals surface area contributed by atoms with E-state index in [1.807, 2.05) is 24.3 Å². The van der Waals surface area contributed by atoms with E-state index in [1.165, 1.54) is 6.33 Å². The average molecular weight is 312 g/mol. The first kappa shape index (κ1) is 14.7. The molecule has 23 heavy (non-hydrogen) atoms. The number of phenolic OH excluding ortho intramolecular Hbond substituents is 1. The minimum absolute atomic E-state index is 0.108. The maximum absolute atomic E-state index is 13.2. The number of amides is 1. The molecular weight excluding hydrogens is 299 g/mol. The van der Waals surface area contributed by atoms with E-state index in [-0.39, 0.29) is 17.9 Å². The van der Waals surface area contributed by atoms with Gasteiger partial charge in [-0.15, -0.1) is 0 Å². The highest BCUT2D eigenvalue weighted by molar-refractivity contribution is 5.96. The predicted molar refractivity (Wildman–Crippen MR) is 80.6 cm³/mol. The Kier molecular flexibility index (Phi) is 4.01. The van der Waals surface area contributed by atoms with Crippen LogP contribution < -0.4 is 5.32 Å². The molecular formula is C16H13FN4O2. The van der Waals surface area contributed by atoms with E-state index in [9.17, 15) is 14.3 Å². The van der Waals surface area contributed by atoms with Crippen LogP contribution in [-0.2, 0) is 6.54 Å². The SMILES string of the molecule is O=C(NCc1ccccc1-n1cncn1)c1cc(F)ccc1O. The number of aromatic hydroxyl groups is 1. The van der Waals surface area contributed by atoms with Gasteiger partial charge in [-0.05, 0) is 29.8 Å². The molecule has 2 aromatic carbocycles. The lowest BCUT2D eigenvalue weighted by molar-refractivity contribution is 0.0947. The summed E-state index contributed by atoms with van der Waals surface area (Å²) in [5, 5.41) is 16.4. The van der Waals surface area contributed by atoms with E-state index >= 15 is 0 Å². The fourth-order valence-electron chi connectivity index (χ4n) is 2.18. The van der Waals surface area contributed by atoms with Crippen molar-refractivity contribution >= 4 is 5.91 Å². The van der Waals surface area contributed by atoms with Crippen LogP contribution in [0.15, 0.2) is 55.1 Å². The maximum Gasteiger partial charge on any atom is 0.255 e. The lowest BCUT2D eigenvalue weighted by atomic mass is 10.1. The number of carbonyl (C=O) groups excluding carboxylic acids is 1. The Labute approximate surface area is 131 Å². The summed E-state index contributed by atoms with van der Waals surface area (Å²) in [7, 11) is 0. The molecule has 2 N–H and O–H groups in total. The van der Waals surface area contributed by atoms with Gasteiger partial charge in [0.1, 0.15) is 24.2 Å². The molecule has 7 heteroatoms. The normalized spacial score (nSPS) is 10.5. The van der Waals surface area contributed by atoms with E-state index in [0.29, 0.717) is 0 Å². The largest absolute Gasteiger partial charge is 0.507 e. The van der Waals surface area contributed by atoms with Gasteiger partial charge in [-0.3, -0.25) is 4.79 Å². The highest BCUT2D eigenvalue weighted by Crippen LogP contribution is 2.18. The van der Waals surface area contributed by atoms with Gasteiger partial charge in [-0.2, -0.15) is 5.10 Å². The molecule has 3 aromatic rings. The van der Waals surface area contributed by atoms with Crippen molar-refractivity contribution in [2.24, 2.45) is 0 Å². The highest BCUT2D eigenvalue weighted by Gasteiger charge is 2.13. The fourth-order valence-corrected chi connectivity index (χ4v) is 2.18. The van der Waals surface area contributed by atoms with Crippen molar-refractivity contribution in [3.63, 3.8) is 0 Å².